The van der Waals surface area contributed by atoms with Crippen LogP contribution >= 0.6 is 0 Å². The van der Waals surface area contributed by atoms with Crippen molar-refractivity contribution in [3.8, 4) is 0 Å². The highest BCUT2D eigenvalue weighted by Crippen LogP contribution is 2.64. The minimum atomic E-state index is -5.72. The van der Waals surface area contributed by atoms with E-state index in [1.807, 2.05) is 6.92 Å². The molecule has 0 aromatic carbocycles. The summed E-state index contributed by atoms with van der Waals surface area (Å²) >= 11 is 0. The van der Waals surface area contributed by atoms with Crippen molar-refractivity contribution in [2.75, 3.05) is 6.61 Å². The van der Waals surface area contributed by atoms with Crippen molar-refractivity contribution < 1.29 is 59.9 Å². The molecule has 3 aliphatic carbocycles. The molecule has 1 N–H and O–H groups in total. The van der Waals surface area contributed by atoms with Crippen molar-refractivity contribution in [2.24, 2.45) is 40.9 Å². The first-order valence-electron chi connectivity index (χ1n) is 15.5. The Balaban J connectivity index is 1.75. The molecule has 0 amide bonds. The van der Waals surface area contributed by atoms with Crippen LogP contribution < -0.4 is 0 Å². The number of hydrogen-bond donors (Lipinski definition) is 1. The van der Waals surface area contributed by atoms with Crippen molar-refractivity contribution >= 4 is 35.5 Å². The first-order valence-corrected chi connectivity index (χ1v) is 16.9. The van der Waals surface area contributed by atoms with Crippen molar-refractivity contribution in [2.45, 2.75) is 115 Å². The highest BCUT2D eigenvalue weighted by atomic mass is 32.2. The molecular weight excluding hydrogens is 606 g/mol. The van der Waals surface area contributed by atoms with E-state index in [1.54, 1.807) is 0 Å². The summed E-state index contributed by atoms with van der Waals surface area (Å²) in [5, 5.41) is -4.60. The number of fused-ring (bicyclic) bond motifs is 3. The number of carbonyl (C=O) groups excluding carboxylic acids is 4. The predicted molar refractivity (Wildman–Crippen MR) is 151 cm³/mol. The summed E-state index contributed by atoms with van der Waals surface area (Å²) in [6.45, 7) is 5.72. The van der Waals surface area contributed by atoms with E-state index in [2.05, 4.69) is 18.6 Å². The topological polar surface area (TPSA) is 160 Å². The average molecular weight is 653 g/mol. The number of halogens is 2. The fourth-order valence-corrected chi connectivity index (χ4v) is 8.95. The Hall–Kier alpha value is -2.35. The largest absolute Gasteiger partial charge is 0.465 e. The molecule has 0 saturated heterocycles. The van der Waals surface area contributed by atoms with Crippen LogP contribution in [0.5, 0.6) is 0 Å². The van der Waals surface area contributed by atoms with E-state index in [0.717, 1.165) is 38.5 Å². The van der Waals surface area contributed by atoms with Gasteiger partial charge in [-0.25, -0.2) is 0 Å². The number of ether oxygens (including phenoxy) is 4. The molecule has 3 rings (SSSR count). The fraction of sp³-hybridized carbons (Fsp3) is 0.867. The van der Waals surface area contributed by atoms with E-state index in [1.165, 1.54) is 0 Å². The Kier molecular flexibility index (Phi) is 12.6. The van der Waals surface area contributed by atoms with Gasteiger partial charge in [0.05, 0.1) is 0 Å². The van der Waals surface area contributed by atoms with E-state index in [4.69, 9.17) is 18.8 Å². The summed E-state index contributed by atoms with van der Waals surface area (Å²) < 4.78 is 78.4. The van der Waals surface area contributed by atoms with Crippen molar-refractivity contribution in [1.29, 1.82) is 0 Å². The third-order valence-electron chi connectivity index (χ3n) is 10.7. The number of carbonyl (C=O) groups is 4. The summed E-state index contributed by atoms with van der Waals surface area (Å²) in [7, 11) is -5.72. The Morgan fingerprint density at radius 1 is 1.07 bits per heavy atom. The summed E-state index contributed by atoms with van der Waals surface area (Å²) in [4.78, 5) is 46.7. The molecule has 10 atom stereocenters. The van der Waals surface area contributed by atoms with Gasteiger partial charge in [-0.3, -0.25) is 23.7 Å². The Morgan fingerprint density at radius 2 is 1.77 bits per heavy atom. The van der Waals surface area contributed by atoms with Crippen LogP contribution in [-0.2, 0) is 48.2 Å². The normalized spacial score (nSPS) is 33.2. The number of unbranched alkanes of at least 4 members (excludes halogenated alkanes) is 1. The van der Waals surface area contributed by atoms with Gasteiger partial charge in [0.15, 0.2) is 6.61 Å². The van der Waals surface area contributed by atoms with Gasteiger partial charge in [-0.2, -0.15) is 17.2 Å². The molecule has 3 aliphatic rings. The molecule has 0 aliphatic heterocycles. The van der Waals surface area contributed by atoms with Gasteiger partial charge < -0.3 is 18.9 Å². The number of alkyl halides is 2. The quantitative estimate of drug-likeness (QED) is 0.0946. The molecule has 3 fully saturated rings. The lowest BCUT2D eigenvalue weighted by atomic mass is 9.50. The number of rotatable bonds is 18. The minimum Gasteiger partial charge on any atom is -0.465 e. The van der Waals surface area contributed by atoms with Gasteiger partial charge in [0.2, 0.25) is 0 Å². The van der Waals surface area contributed by atoms with Crippen LogP contribution in [-0.4, -0.2) is 68.5 Å². The van der Waals surface area contributed by atoms with E-state index < -0.39 is 39.5 Å². The first kappa shape index (κ1) is 36.1. The molecule has 44 heavy (non-hydrogen) atoms. The second kappa shape index (κ2) is 15.3. The number of esters is 1. The maximum atomic E-state index is 13.5. The molecule has 0 bridgehead atoms. The maximum Gasteiger partial charge on any atom is 0.402 e. The lowest BCUT2D eigenvalue weighted by Gasteiger charge is -2.57. The van der Waals surface area contributed by atoms with E-state index in [0.29, 0.717) is 38.7 Å². The smallest absolute Gasteiger partial charge is 0.402 e. The lowest BCUT2D eigenvalue weighted by molar-refractivity contribution is -0.184. The summed E-state index contributed by atoms with van der Waals surface area (Å²) in [6, 6.07) is 0. The van der Waals surface area contributed by atoms with Crippen LogP contribution in [0.4, 0.5) is 8.78 Å². The molecule has 0 aromatic rings. The fourth-order valence-electron chi connectivity index (χ4n) is 8.74. The van der Waals surface area contributed by atoms with Gasteiger partial charge in [0, 0.05) is 17.8 Å². The summed E-state index contributed by atoms with van der Waals surface area (Å²) in [5.41, 5.74) is -0.509. The van der Waals surface area contributed by atoms with E-state index in [9.17, 15) is 36.4 Å². The van der Waals surface area contributed by atoms with Crippen molar-refractivity contribution in [1.82, 2.24) is 0 Å². The zero-order chi connectivity index (χ0) is 32.7. The average Bonchev–Trinajstić information content (AvgIpc) is 3.31. The van der Waals surface area contributed by atoms with Crippen LogP contribution in [0, 0.1) is 40.9 Å². The molecular formula is C30H46F2O11S. The molecule has 0 spiro atoms. The Labute approximate surface area is 257 Å². The van der Waals surface area contributed by atoms with Crippen LogP contribution in [0.25, 0.3) is 0 Å². The van der Waals surface area contributed by atoms with E-state index in [-0.39, 0.29) is 60.6 Å². The van der Waals surface area contributed by atoms with Crippen LogP contribution in [0.15, 0.2) is 0 Å². The van der Waals surface area contributed by atoms with Gasteiger partial charge in [-0.1, -0.05) is 33.6 Å². The molecule has 0 radical (unpaired) electrons. The highest BCUT2D eigenvalue weighted by molar-refractivity contribution is 7.86. The SMILES string of the molecule is CCCCC(C[C@H]1CC(OC=O)[C@@H]2[C@H](CC(OC=O)[C@]3(C)[C@@H]([C@H](C)CCC(=O)OCC(F)(F)S(=O)(=O)O)CC[C@@H]23)C1)OC=O. The lowest BCUT2D eigenvalue weighted by Crippen LogP contribution is -2.57. The van der Waals surface area contributed by atoms with Gasteiger partial charge in [0.25, 0.3) is 19.4 Å². The highest BCUT2D eigenvalue weighted by Gasteiger charge is 2.63. The van der Waals surface area contributed by atoms with Crippen LogP contribution in [0.1, 0.15) is 91.4 Å². The third-order valence-corrected chi connectivity index (χ3v) is 11.6. The van der Waals surface area contributed by atoms with Gasteiger partial charge in [-0.05, 0) is 81.0 Å². The summed E-state index contributed by atoms with van der Waals surface area (Å²) in [5.74, 6) is -0.809. The van der Waals surface area contributed by atoms with Gasteiger partial charge in [-0.15, -0.1) is 0 Å². The molecule has 14 heteroatoms. The monoisotopic (exact) mass is 652 g/mol. The summed E-state index contributed by atoms with van der Waals surface area (Å²) in [6.07, 6.45) is 5.89. The minimum absolute atomic E-state index is 0.0144. The van der Waals surface area contributed by atoms with Gasteiger partial charge in [0.1, 0.15) is 18.3 Å². The molecule has 3 saturated carbocycles. The maximum absolute atomic E-state index is 13.5. The second-order valence-corrected chi connectivity index (χ2v) is 14.6. The Morgan fingerprint density at radius 3 is 2.39 bits per heavy atom. The first-order chi connectivity index (χ1) is 20.7. The molecule has 0 aromatic heterocycles. The standard InChI is InChI=1S/C30H46F2O11S/c1-4-5-6-22(41-16-33)12-20-11-21-14-26(43-18-35)29(3)23(8-9-24(29)28(21)25(13-20)42-17-34)19(2)7-10-27(36)40-15-30(31,32)44(37,38)39/h16-26,28H,4-15H2,1-3H3,(H,37,38,39)/t19-,20+,21+,22?,23-,24+,25?,26?,28-,29-/m1/s1. The van der Waals surface area contributed by atoms with E-state index >= 15 is 0 Å². The molecule has 252 valence electrons. The molecule has 11 nitrogen and oxygen atoms in total. The van der Waals surface area contributed by atoms with Crippen LogP contribution in [0.3, 0.4) is 0 Å². The number of hydrogen-bond acceptors (Lipinski definition) is 10. The predicted octanol–water partition coefficient (Wildman–Crippen LogP) is 4.71. The zero-order valence-corrected chi connectivity index (χ0v) is 26.4. The van der Waals surface area contributed by atoms with Gasteiger partial charge >= 0.3 is 21.3 Å². The Bertz CT molecular complexity index is 1100. The van der Waals surface area contributed by atoms with Crippen molar-refractivity contribution in [3.63, 3.8) is 0 Å². The molecule has 0 heterocycles. The molecule has 3 unspecified atom stereocenters. The van der Waals surface area contributed by atoms with Crippen molar-refractivity contribution in [3.05, 3.63) is 0 Å². The zero-order valence-electron chi connectivity index (χ0n) is 25.6. The second-order valence-electron chi connectivity index (χ2n) is 13.1. The van der Waals surface area contributed by atoms with Crippen LogP contribution in [0.2, 0.25) is 0 Å². The third kappa shape index (κ3) is 8.07.